The van der Waals surface area contributed by atoms with Gasteiger partial charge >= 0.3 is 0 Å². The smallest absolute Gasteiger partial charge is 0.295 e. The lowest BCUT2D eigenvalue weighted by Gasteiger charge is -2.29. The van der Waals surface area contributed by atoms with Gasteiger partial charge in [0.05, 0.1) is 30.9 Å². The van der Waals surface area contributed by atoms with E-state index in [-0.39, 0.29) is 16.9 Å². The van der Waals surface area contributed by atoms with Crippen LogP contribution in [0.3, 0.4) is 0 Å². The summed E-state index contributed by atoms with van der Waals surface area (Å²) >= 11 is 0. The van der Waals surface area contributed by atoms with Crippen LogP contribution in [-0.2, 0) is 4.74 Å². The molecule has 0 saturated carbocycles. The maximum absolute atomic E-state index is 13.9. The minimum Gasteiger partial charge on any atom is -0.497 e. The number of nitro groups is 1. The molecule has 0 aliphatic carbocycles. The Labute approximate surface area is 215 Å². The fraction of sp³-hybridized carbons (Fsp3) is 0.407. The molecule has 10 heteroatoms. The lowest BCUT2D eigenvalue weighted by Crippen LogP contribution is -2.36. The van der Waals surface area contributed by atoms with Crippen molar-refractivity contribution in [2.75, 3.05) is 56.3 Å². The van der Waals surface area contributed by atoms with E-state index >= 15 is 0 Å². The molecule has 3 aromatic rings. The summed E-state index contributed by atoms with van der Waals surface area (Å²) in [6.07, 6.45) is 4.21. The van der Waals surface area contributed by atoms with Crippen LogP contribution in [0.5, 0.6) is 5.75 Å². The van der Waals surface area contributed by atoms with Crippen molar-refractivity contribution in [3.05, 3.63) is 69.0 Å². The Kier molecular flexibility index (Phi) is 7.36. The van der Waals surface area contributed by atoms with Gasteiger partial charge in [-0.3, -0.25) is 14.9 Å². The molecule has 10 nitrogen and oxygen atoms in total. The van der Waals surface area contributed by atoms with Gasteiger partial charge in [0.25, 0.3) is 11.2 Å². The lowest BCUT2D eigenvalue weighted by atomic mass is 10.1. The molecule has 5 rings (SSSR count). The van der Waals surface area contributed by atoms with Crippen molar-refractivity contribution >= 4 is 17.1 Å². The Morgan fingerprint density at radius 1 is 0.919 bits per heavy atom. The van der Waals surface area contributed by atoms with Crippen LogP contribution < -0.4 is 20.1 Å². The van der Waals surface area contributed by atoms with Crippen molar-refractivity contribution in [3.8, 4) is 22.7 Å². The lowest BCUT2D eigenvalue weighted by molar-refractivity contribution is -0.384. The second kappa shape index (κ2) is 11.0. The number of rotatable bonds is 6. The minimum atomic E-state index is -0.462. The molecule has 0 N–H and O–H groups in total. The van der Waals surface area contributed by atoms with Crippen molar-refractivity contribution in [2.24, 2.45) is 0 Å². The standard InChI is InChI=1S/C27H31N5O5/c1-36-22-8-6-7-20(17-22)23-19-26(30-11-4-2-3-5-12-30)27(33)31(28-23)25-18-21(9-10-24(25)32(34)35)29-13-15-37-16-14-29/h6-10,17-19H,2-5,11-16H2,1H3. The molecule has 0 bridgehead atoms. The maximum Gasteiger partial charge on any atom is 0.295 e. The van der Waals surface area contributed by atoms with Crippen LogP contribution >= 0.6 is 0 Å². The summed E-state index contributed by atoms with van der Waals surface area (Å²) < 4.78 is 12.1. The first-order valence-electron chi connectivity index (χ1n) is 12.7. The molecule has 0 radical (unpaired) electrons. The van der Waals surface area contributed by atoms with Crippen LogP contribution in [0.2, 0.25) is 0 Å². The zero-order valence-electron chi connectivity index (χ0n) is 21.0. The third-order valence-electron chi connectivity index (χ3n) is 6.97. The first kappa shape index (κ1) is 24.8. The molecule has 2 saturated heterocycles. The molecular weight excluding hydrogens is 474 g/mol. The molecule has 3 heterocycles. The third kappa shape index (κ3) is 5.29. The molecule has 2 aliphatic heterocycles. The molecule has 2 aliphatic rings. The van der Waals surface area contributed by atoms with Gasteiger partial charge in [0.15, 0.2) is 0 Å². The summed E-state index contributed by atoms with van der Waals surface area (Å²) in [5.74, 6) is 0.661. The van der Waals surface area contributed by atoms with Gasteiger partial charge in [0.1, 0.15) is 17.1 Å². The van der Waals surface area contributed by atoms with Crippen molar-refractivity contribution < 1.29 is 14.4 Å². The van der Waals surface area contributed by atoms with Gasteiger partial charge in [0.2, 0.25) is 0 Å². The van der Waals surface area contributed by atoms with E-state index in [1.165, 1.54) is 10.7 Å². The number of aromatic nitrogens is 2. The van der Waals surface area contributed by atoms with E-state index in [1.54, 1.807) is 25.3 Å². The number of methoxy groups -OCH3 is 1. The fourth-order valence-electron chi connectivity index (χ4n) is 4.96. The summed E-state index contributed by atoms with van der Waals surface area (Å²) in [6.45, 7) is 4.01. The van der Waals surface area contributed by atoms with E-state index in [0.29, 0.717) is 43.4 Å². The summed E-state index contributed by atoms with van der Waals surface area (Å²) in [5.41, 5.74) is 2.22. The second-order valence-electron chi connectivity index (χ2n) is 9.29. The van der Waals surface area contributed by atoms with Gasteiger partial charge in [-0.15, -0.1) is 0 Å². The van der Waals surface area contributed by atoms with Gasteiger partial charge < -0.3 is 19.3 Å². The minimum absolute atomic E-state index is 0.153. The van der Waals surface area contributed by atoms with Crippen LogP contribution in [0.4, 0.5) is 17.1 Å². The van der Waals surface area contributed by atoms with Crippen LogP contribution in [0.15, 0.2) is 53.3 Å². The molecule has 1 aromatic heterocycles. The number of anilines is 2. The van der Waals surface area contributed by atoms with Gasteiger partial charge in [-0.1, -0.05) is 25.0 Å². The summed E-state index contributed by atoms with van der Waals surface area (Å²) in [6, 6.07) is 14.1. The predicted molar refractivity (Wildman–Crippen MR) is 142 cm³/mol. The van der Waals surface area contributed by atoms with Crippen LogP contribution in [0.25, 0.3) is 16.9 Å². The average molecular weight is 506 g/mol. The Bertz CT molecular complexity index is 1330. The second-order valence-corrected chi connectivity index (χ2v) is 9.29. The van der Waals surface area contributed by atoms with Gasteiger partial charge in [0, 0.05) is 43.5 Å². The van der Waals surface area contributed by atoms with Crippen LogP contribution in [0.1, 0.15) is 25.7 Å². The molecule has 0 amide bonds. The number of nitrogens with zero attached hydrogens (tertiary/aromatic N) is 5. The number of hydrogen-bond donors (Lipinski definition) is 0. The van der Waals surface area contributed by atoms with Gasteiger partial charge in [-0.25, -0.2) is 0 Å². The van der Waals surface area contributed by atoms with E-state index in [1.807, 2.05) is 24.3 Å². The summed E-state index contributed by atoms with van der Waals surface area (Å²) in [5, 5.41) is 16.7. The zero-order valence-corrected chi connectivity index (χ0v) is 21.0. The highest BCUT2D eigenvalue weighted by atomic mass is 16.6. The Morgan fingerprint density at radius 2 is 1.68 bits per heavy atom. The number of nitro benzene ring substituents is 1. The van der Waals surface area contributed by atoms with Crippen LogP contribution in [0, 0.1) is 10.1 Å². The van der Waals surface area contributed by atoms with E-state index in [9.17, 15) is 14.9 Å². The van der Waals surface area contributed by atoms with Crippen LogP contribution in [-0.4, -0.2) is 61.2 Å². The largest absolute Gasteiger partial charge is 0.497 e. The van der Waals surface area contributed by atoms with E-state index in [2.05, 4.69) is 14.9 Å². The fourth-order valence-corrected chi connectivity index (χ4v) is 4.96. The highest BCUT2D eigenvalue weighted by Gasteiger charge is 2.24. The van der Waals surface area contributed by atoms with E-state index < -0.39 is 4.92 Å². The van der Waals surface area contributed by atoms with Gasteiger partial charge in [-0.05, 0) is 43.2 Å². The van der Waals surface area contributed by atoms with E-state index in [0.717, 1.165) is 50.0 Å². The Hall–Kier alpha value is -3.92. The normalized spacial score (nSPS) is 16.4. The van der Waals surface area contributed by atoms with Crippen molar-refractivity contribution in [1.82, 2.24) is 9.78 Å². The number of ether oxygens (including phenoxy) is 2. The monoisotopic (exact) mass is 505 g/mol. The number of morpholine rings is 1. The first-order chi connectivity index (χ1) is 18.0. The highest BCUT2D eigenvalue weighted by molar-refractivity contribution is 5.68. The molecule has 194 valence electrons. The first-order valence-corrected chi connectivity index (χ1v) is 12.7. The molecule has 0 atom stereocenters. The molecule has 0 spiro atoms. The van der Waals surface area contributed by atoms with E-state index in [4.69, 9.17) is 9.47 Å². The number of hydrogen-bond acceptors (Lipinski definition) is 8. The summed E-state index contributed by atoms with van der Waals surface area (Å²) in [4.78, 5) is 29.7. The van der Waals surface area contributed by atoms with Crippen molar-refractivity contribution in [3.63, 3.8) is 0 Å². The SMILES string of the molecule is COc1cccc(-c2cc(N3CCCCCC3)c(=O)n(-c3cc(N4CCOCC4)ccc3[N+](=O)[O-])n2)c1. The van der Waals surface area contributed by atoms with Gasteiger partial charge in [-0.2, -0.15) is 9.78 Å². The third-order valence-corrected chi connectivity index (χ3v) is 6.97. The molecule has 0 unspecified atom stereocenters. The molecule has 2 aromatic carbocycles. The predicted octanol–water partition coefficient (Wildman–Crippen LogP) is 4.03. The molecular formula is C27H31N5O5. The highest BCUT2D eigenvalue weighted by Crippen LogP contribution is 2.30. The topological polar surface area (TPSA) is 103 Å². The zero-order chi connectivity index (χ0) is 25.8. The summed E-state index contributed by atoms with van der Waals surface area (Å²) in [7, 11) is 1.59. The van der Waals surface area contributed by atoms with Crippen molar-refractivity contribution in [2.45, 2.75) is 25.7 Å². The average Bonchev–Trinajstić information content (AvgIpc) is 3.23. The Balaban J connectivity index is 1.71. The number of benzene rings is 2. The molecule has 2 fully saturated rings. The quantitative estimate of drug-likeness (QED) is 0.365. The van der Waals surface area contributed by atoms with Crippen molar-refractivity contribution in [1.29, 1.82) is 0 Å². The maximum atomic E-state index is 13.9. The Morgan fingerprint density at radius 3 is 2.38 bits per heavy atom. The molecule has 37 heavy (non-hydrogen) atoms.